The van der Waals surface area contributed by atoms with Crippen LogP contribution in [0.1, 0.15) is 11.1 Å². The van der Waals surface area contributed by atoms with Gasteiger partial charge in [0.25, 0.3) is 10.0 Å². The summed E-state index contributed by atoms with van der Waals surface area (Å²) >= 11 is 0. The molecule has 0 bridgehead atoms. The van der Waals surface area contributed by atoms with Crippen LogP contribution in [-0.4, -0.2) is 34.7 Å². The lowest BCUT2D eigenvalue weighted by Gasteiger charge is -2.31. The van der Waals surface area contributed by atoms with Gasteiger partial charge in [-0.1, -0.05) is 6.07 Å². The van der Waals surface area contributed by atoms with Gasteiger partial charge in [0.15, 0.2) is 0 Å². The third-order valence-corrected chi connectivity index (χ3v) is 5.75. The number of benzene rings is 2. The first-order valence-corrected chi connectivity index (χ1v) is 10.1. The van der Waals surface area contributed by atoms with Crippen molar-refractivity contribution in [1.82, 2.24) is 0 Å². The predicted molar refractivity (Wildman–Crippen MR) is 96.7 cm³/mol. The Labute approximate surface area is 168 Å². The summed E-state index contributed by atoms with van der Waals surface area (Å²) in [4.78, 5) is 0.913. The number of sulfonamides is 1. The van der Waals surface area contributed by atoms with E-state index < -0.39 is 38.4 Å². The number of alkyl halides is 6. The van der Waals surface area contributed by atoms with E-state index in [0.717, 1.165) is 24.3 Å². The van der Waals surface area contributed by atoms with Gasteiger partial charge in [0.2, 0.25) is 0 Å². The van der Waals surface area contributed by atoms with Crippen LogP contribution in [-0.2, 0) is 27.1 Å². The van der Waals surface area contributed by atoms with Crippen molar-refractivity contribution in [3.05, 3.63) is 53.6 Å². The average Bonchev–Trinajstić information content (AvgIpc) is 2.67. The number of nitrogens with one attached hydrogen (secondary N) is 1. The molecule has 5 nitrogen and oxygen atoms in total. The van der Waals surface area contributed by atoms with E-state index in [9.17, 15) is 34.8 Å². The zero-order valence-electron chi connectivity index (χ0n) is 15.2. The summed E-state index contributed by atoms with van der Waals surface area (Å²) in [6.07, 6.45) is -9.51. The quantitative estimate of drug-likeness (QED) is 0.698. The molecule has 1 aliphatic rings. The van der Waals surface area contributed by atoms with Gasteiger partial charge in [-0.3, -0.25) is 4.72 Å². The normalized spacial score (nSPS) is 15.9. The van der Waals surface area contributed by atoms with Crippen molar-refractivity contribution in [2.24, 2.45) is 0 Å². The molecule has 0 unspecified atom stereocenters. The van der Waals surface area contributed by atoms with Gasteiger partial charge < -0.3 is 9.64 Å². The monoisotopic (exact) mass is 454 g/mol. The Kier molecular flexibility index (Phi) is 5.92. The van der Waals surface area contributed by atoms with Crippen molar-refractivity contribution in [2.75, 3.05) is 35.9 Å². The van der Waals surface area contributed by atoms with Crippen LogP contribution in [0.5, 0.6) is 0 Å². The van der Waals surface area contributed by atoms with Crippen LogP contribution in [0, 0.1) is 0 Å². The van der Waals surface area contributed by atoms with Gasteiger partial charge in [0, 0.05) is 13.1 Å². The highest BCUT2D eigenvalue weighted by atomic mass is 32.2. The fourth-order valence-electron chi connectivity index (χ4n) is 2.92. The number of anilines is 2. The molecule has 0 spiro atoms. The highest BCUT2D eigenvalue weighted by Gasteiger charge is 2.34. The molecule has 30 heavy (non-hydrogen) atoms. The fourth-order valence-corrected chi connectivity index (χ4v) is 4.03. The van der Waals surface area contributed by atoms with Gasteiger partial charge in [-0.25, -0.2) is 8.42 Å². The number of rotatable bonds is 4. The number of morpholine rings is 1. The largest absolute Gasteiger partial charge is 0.416 e. The van der Waals surface area contributed by atoms with E-state index in [1.165, 1.54) is 0 Å². The molecule has 1 N–H and O–H groups in total. The van der Waals surface area contributed by atoms with E-state index in [1.807, 2.05) is 4.72 Å². The molecule has 0 aliphatic carbocycles. The van der Waals surface area contributed by atoms with Crippen molar-refractivity contribution in [3.63, 3.8) is 0 Å². The molecule has 2 aromatic rings. The van der Waals surface area contributed by atoms with Crippen LogP contribution in [0.4, 0.5) is 37.7 Å². The second-order valence-corrected chi connectivity index (χ2v) is 8.14. The minimum absolute atomic E-state index is 0.168. The van der Waals surface area contributed by atoms with E-state index in [1.54, 1.807) is 4.90 Å². The van der Waals surface area contributed by atoms with Crippen molar-refractivity contribution in [1.29, 1.82) is 0 Å². The Balaban J connectivity index is 2.03. The van der Waals surface area contributed by atoms with Crippen LogP contribution < -0.4 is 9.62 Å². The maximum absolute atomic E-state index is 13.1. The molecule has 2 aromatic carbocycles. The van der Waals surface area contributed by atoms with E-state index in [0.29, 0.717) is 44.5 Å². The maximum atomic E-state index is 13.1. The highest BCUT2D eigenvalue weighted by Crippen LogP contribution is 2.37. The molecule has 0 radical (unpaired) electrons. The zero-order chi connectivity index (χ0) is 22.2. The van der Waals surface area contributed by atoms with Crippen LogP contribution in [0.3, 0.4) is 0 Å². The Morgan fingerprint density at radius 3 is 2.07 bits per heavy atom. The Morgan fingerprint density at radius 1 is 0.867 bits per heavy atom. The molecular weight excluding hydrogens is 438 g/mol. The van der Waals surface area contributed by atoms with E-state index in [2.05, 4.69) is 0 Å². The molecule has 1 heterocycles. The molecule has 1 fully saturated rings. The molecule has 12 heteroatoms. The minimum atomic E-state index is -4.78. The first-order chi connectivity index (χ1) is 13.9. The Morgan fingerprint density at radius 2 is 1.47 bits per heavy atom. The molecule has 0 atom stereocenters. The van der Waals surface area contributed by atoms with E-state index >= 15 is 0 Å². The topological polar surface area (TPSA) is 58.6 Å². The highest BCUT2D eigenvalue weighted by molar-refractivity contribution is 7.92. The summed E-state index contributed by atoms with van der Waals surface area (Å²) in [5.41, 5.74) is -2.50. The van der Waals surface area contributed by atoms with Gasteiger partial charge in [-0.15, -0.1) is 0 Å². The van der Waals surface area contributed by atoms with Gasteiger partial charge in [0.05, 0.1) is 40.6 Å². The summed E-state index contributed by atoms with van der Waals surface area (Å²) in [5, 5.41) is 0. The first-order valence-electron chi connectivity index (χ1n) is 8.62. The minimum Gasteiger partial charge on any atom is -0.378 e. The van der Waals surface area contributed by atoms with Crippen LogP contribution >= 0.6 is 0 Å². The van der Waals surface area contributed by atoms with Crippen molar-refractivity contribution in [2.45, 2.75) is 17.2 Å². The number of hydrogen-bond acceptors (Lipinski definition) is 4. The van der Waals surface area contributed by atoms with Gasteiger partial charge in [-0.2, -0.15) is 26.3 Å². The number of hydrogen-bond donors (Lipinski definition) is 1. The van der Waals surface area contributed by atoms with Crippen LogP contribution in [0.2, 0.25) is 0 Å². The average molecular weight is 454 g/mol. The predicted octanol–water partition coefficient (Wildman–Crippen LogP) is 4.36. The second kappa shape index (κ2) is 7.99. The lowest BCUT2D eigenvalue weighted by molar-refractivity contribution is -0.138. The number of halogens is 6. The molecule has 0 saturated carbocycles. The van der Waals surface area contributed by atoms with Crippen LogP contribution in [0.25, 0.3) is 0 Å². The van der Waals surface area contributed by atoms with Crippen molar-refractivity contribution >= 4 is 21.4 Å². The zero-order valence-corrected chi connectivity index (χ0v) is 16.0. The number of ether oxygens (including phenoxy) is 1. The molecule has 1 aliphatic heterocycles. The lowest BCUT2D eigenvalue weighted by Crippen LogP contribution is -2.36. The molecule has 1 saturated heterocycles. The number of nitrogens with zero attached hydrogens (tertiary/aromatic N) is 1. The molecule has 0 amide bonds. The van der Waals surface area contributed by atoms with Crippen molar-refractivity contribution in [3.8, 4) is 0 Å². The van der Waals surface area contributed by atoms with Crippen LogP contribution in [0.15, 0.2) is 47.4 Å². The summed E-state index contributed by atoms with van der Waals surface area (Å²) in [5.74, 6) is 0. The smallest absolute Gasteiger partial charge is 0.378 e. The molecule has 164 valence electrons. The van der Waals surface area contributed by atoms with E-state index in [-0.39, 0.29) is 11.4 Å². The summed E-state index contributed by atoms with van der Waals surface area (Å²) in [7, 11) is -4.59. The molecule has 0 aromatic heterocycles. The lowest BCUT2D eigenvalue weighted by atomic mass is 10.1. The fraction of sp³-hybridized carbons (Fsp3) is 0.333. The maximum Gasteiger partial charge on any atom is 0.416 e. The first kappa shape index (κ1) is 22.2. The Hall–Kier alpha value is -2.47. The van der Waals surface area contributed by atoms with Crippen molar-refractivity contribution < 1.29 is 39.5 Å². The Bertz CT molecular complexity index is 1020. The standard InChI is InChI=1S/C18H16F6N2O3S/c19-17(20,21)12-2-1-3-14(10-12)30(27,28)25-15-11-13(18(22,23)24)4-5-16(15)26-6-8-29-9-7-26/h1-5,10-11,25H,6-9H2. The SMILES string of the molecule is O=S(=O)(Nc1cc(C(F)(F)F)ccc1N1CCOCC1)c1cccc(C(F)(F)F)c1. The molecular formula is C18H16F6N2O3S. The summed E-state index contributed by atoms with van der Waals surface area (Å²) in [6, 6.07) is 5.51. The molecule has 3 rings (SSSR count). The second-order valence-electron chi connectivity index (χ2n) is 6.46. The summed E-state index contributed by atoms with van der Waals surface area (Å²) < 4.78 is 111. The summed E-state index contributed by atoms with van der Waals surface area (Å²) in [6.45, 7) is 1.20. The van der Waals surface area contributed by atoms with Gasteiger partial charge >= 0.3 is 12.4 Å². The van der Waals surface area contributed by atoms with E-state index in [4.69, 9.17) is 4.74 Å². The van der Waals surface area contributed by atoms with Gasteiger partial charge in [-0.05, 0) is 36.4 Å². The van der Waals surface area contributed by atoms with Gasteiger partial charge in [0.1, 0.15) is 0 Å². The third-order valence-electron chi connectivity index (χ3n) is 4.39. The third kappa shape index (κ3) is 4.98.